The summed E-state index contributed by atoms with van der Waals surface area (Å²) in [5.74, 6) is 0. The van der Waals surface area contributed by atoms with Crippen LogP contribution in [0.2, 0.25) is 0 Å². The molecule has 1 fully saturated rings. The number of hydrogen-bond acceptors (Lipinski definition) is 5. The van der Waals surface area contributed by atoms with E-state index in [-0.39, 0.29) is 18.3 Å². The average Bonchev–Trinajstić information content (AvgIpc) is 3.05. The molecule has 5 rings (SSSR count). The fraction of sp³-hybridized carbons (Fsp3) is 0.297. The molecule has 5 nitrogen and oxygen atoms in total. The van der Waals surface area contributed by atoms with Crippen LogP contribution in [-0.4, -0.2) is 37.1 Å². The molecule has 4 aromatic carbocycles. The fourth-order valence-corrected chi connectivity index (χ4v) is 5.24. The van der Waals surface area contributed by atoms with Gasteiger partial charge in [0.2, 0.25) is 0 Å². The van der Waals surface area contributed by atoms with E-state index in [1.807, 2.05) is 78.9 Å². The molecule has 0 radical (unpaired) electrons. The van der Waals surface area contributed by atoms with Crippen LogP contribution in [0.25, 0.3) is 0 Å². The van der Waals surface area contributed by atoms with E-state index >= 15 is 0 Å². The molecule has 0 bridgehead atoms. The Labute approximate surface area is 249 Å². The van der Waals surface area contributed by atoms with Gasteiger partial charge in [-0.3, -0.25) is 0 Å². The van der Waals surface area contributed by atoms with E-state index in [1.54, 1.807) is 0 Å². The molecule has 5 atom stereocenters. The smallest absolute Gasteiger partial charge is 0.115 e. The number of benzene rings is 4. The Kier molecular flexibility index (Phi) is 11.5. The first-order valence-corrected chi connectivity index (χ1v) is 14.6. The lowest BCUT2D eigenvalue weighted by Crippen LogP contribution is -2.61. The second-order valence-corrected chi connectivity index (χ2v) is 10.5. The van der Waals surface area contributed by atoms with Crippen LogP contribution < -0.4 is 0 Å². The predicted molar refractivity (Wildman–Crippen MR) is 165 cm³/mol. The SMILES string of the molecule is C=CC[C@H]1O[C@H](COCc2ccccc2)[C@@H](OCc2ccccc2)[C@H](OCc2ccccc2)[C@@H]1OCc1ccccc1. The van der Waals surface area contributed by atoms with Gasteiger partial charge < -0.3 is 23.7 Å². The highest BCUT2D eigenvalue weighted by Crippen LogP contribution is 2.32. The number of ether oxygens (including phenoxy) is 5. The zero-order valence-electron chi connectivity index (χ0n) is 24.0. The van der Waals surface area contributed by atoms with Gasteiger partial charge in [0.05, 0.1) is 39.1 Å². The van der Waals surface area contributed by atoms with Crippen molar-refractivity contribution in [1.29, 1.82) is 0 Å². The monoisotopic (exact) mass is 564 g/mol. The Bertz CT molecular complexity index is 1300. The molecule has 5 heteroatoms. The summed E-state index contributed by atoms with van der Waals surface area (Å²) in [5.41, 5.74) is 4.37. The van der Waals surface area contributed by atoms with Crippen LogP contribution in [0.3, 0.4) is 0 Å². The highest BCUT2D eigenvalue weighted by Gasteiger charge is 2.48. The van der Waals surface area contributed by atoms with Gasteiger partial charge in [-0.2, -0.15) is 0 Å². The summed E-state index contributed by atoms with van der Waals surface area (Å²) in [7, 11) is 0. The number of rotatable bonds is 15. The second kappa shape index (κ2) is 16.2. The summed E-state index contributed by atoms with van der Waals surface area (Å²) in [5, 5.41) is 0. The van der Waals surface area contributed by atoms with Crippen molar-refractivity contribution in [2.45, 2.75) is 63.4 Å². The minimum atomic E-state index is -0.425. The van der Waals surface area contributed by atoms with E-state index in [2.05, 4.69) is 55.1 Å². The van der Waals surface area contributed by atoms with Crippen LogP contribution >= 0.6 is 0 Å². The molecule has 42 heavy (non-hydrogen) atoms. The highest BCUT2D eigenvalue weighted by molar-refractivity contribution is 5.16. The summed E-state index contributed by atoms with van der Waals surface area (Å²) in [6.07, 6.45) is 0.663. The van der Waals surface area contributed by atoms with E-state index in [0.29, 0.717) is 39.5 Å². The van der Waals surface area contributed by atoms with Crippen molar-refractivity contribution in [3.8, 4) is 0 Å². The summed E-state index contributed by atoms with van der Waals surface area (Å²) >= 11 is 0. The first kappa shape index (κ1) is 29.9. The largest absolute Gasteiger partial charge is 0.374 e. The van der Waals surface area contributed by atoms with Gasteiger partial charge in [0.25, 0.3) is 0 Å². The summed E-state index contributed by atoms with van der Waals surface area (Å²) in [6.45, 7) is 6.15. The summed E-state index contributed by atoms with van der Waals surface area (Å²) in [6, 6.07) is 40.7. The van der Waals surface area contributed by atoms with E-state index in [0.717, 1.165) is 22.3 Å². The Morgan fingerprint density at radius 1 is 0.500 bits per heavy atom. The van der Waals surface area contributed by atoms with Crippen molar-refractivity contribution in [2.24, 2.45) is 0 Å². The van der Waals surface area contributed by atoms with Crippen LogP contribution in [0.15, 0.2) is 134 Å². The lowest BCUT2D eigenvalue weighted by atomic mass is 9.92. The van der Waals surface area contributed by atoms with E-state index in [1.165, 1.54) is 0 Å². The maximum absolute atomic E-state index is 6.72. The third kappa shape index (κ3) is 8.71. The van der Waals surface area contributed by atoms with Crippen molar-refractivity contribution in [2.75, 3.05) is 6.61 Å². The van der Waals surface area contributed by atoms with Gasteiger partial charge in [-0.25, -0.2) is 0 Å². The molecular formula is C37H40O5. The van der Waals surface area contributed by atoms with Crippen LogP contribution in [0.4, 0.5) is 0 Å². The summed E-state index contributed by atoms with van der Waals surface area (Å²) < 4.78 is 32.9. The number of hydrogen-bond donors (Lipinski definition) is 0. The van der Waals surface area contributed by atoms with Crippen LogP contribution in [0, 0.1) is 0 Å². The molecule has 0 aromatic heterocycles. The van der Waals surface area contributed by atoms with Crippen molar-refractivity contribution in [3.05, 3.63) is 156 Å². The molecule has 1 aliphatic rings. The fourth-order valence-electron chi connectivity index (χ4n) is 5.24. The average molecular weight is 565 g/mol. The minimum absolute atomic E-state index is 0.270. The van der Waals surface area contributed by atoms with Gasteiger partial charge in [0.15, 0.2) is 0 Å². The predicted octanol–water partition coefficient (Wildman–Crippen LogP) is 7.30. The molecule has 1 saturated heterocycles. The summed E-state index contributed by atoms with van der Waals surface area (Å²) in [4.78, 5) is 0. The standard InChI is InChI=1S/C37H40O5/c1-2-15-33-35(39-25-30-18-9-4-10-19-30)37(41-27-32-22-13-6-14-23-32)36(40-26-31-20-11-5-12-21-31)34(42-33)28-38-24-29-16-7-3-8-17-29/h2-14,16-23,33-37H,1,15,24-28H2/t33-,34-,35-,36-,37-/m1/s1. The lowest BCUT2D eigenvalue weighted by Gasteiger charge is -2.46. The Hall–Kier alpha value is -3.58. The third-order valence-corrected chi connectivity index (χ3v) is 7.38. The first-order chi connectivity index (χ1) is 20.8. The van der Waals surface area contributed by atoms with Gasteiger partial charge in [-0.15, -0.1) is 6.58 Å². The molecule has 1 aliphatic heterocycles. The lowest BCUT2D eigenvalue weighted by molar-refractivity contribution is -0.271. The molecule has 0 aliphatic carbocycles. The van der Waals surface area contributed by atoms with Crippen LogP contribution in [0.1, 0.15) is 28.7 Å². The van der Waals surface area contributed by atoms with Gasteiger partial charge in [0, 0.05) is 0 Å². The Morgan fingerprint density at radius 2 is 0.881 bits per heavy atom. The van der Waals surface area contributed by atoms with Gasteiger partial charge in [-0.1, -0.05) is 127 Å². The Morgan fingerprint density at radius 3 is 1.31 bits per heavy atom. The third-order valence-electron chi connectivity index (χ3n) is 7.38. The highest BCUT2D eigenvalue weighted by atomic mass is 16.6. The van der Waals surface area contributed by atoms with Crippen LogP contribution in [-0.2, 0) is 50.1 Å². The van der Waals surface area contributed by atoms with Crippen molar-refractivity contribution in [3.63, 3.8) is 0 Å². The van der Waals surface area contributed by atoms with E-state index in [9.17, 15) is 0 Å². The second-order valence-electron chi connectivity index (χ2n) is 10.5. The molecular weight excluding hydrogens is 524 g/mol. The zero-order chi connectivity index (χ0) is 28.8. The van der Waals surface area contributed by atoms with Crippen molar-refractivity contribution < 1.29 is 23.7 Å². The normalized spacial score (nSPS) is 22.0. The van der Waals surface area contributed by atoms with E-state index in [4.69, 9.17) is 23.7 Å². The van der Waals surface area contributed by atoms with Crippen LogP contribution in [0.5, 0.6) is 0 Å². The zero-order valence-corrected chi connectivity index (χ0v) is 24.0. The molecule has 0 amide bonds. The molecule has 0 N–H and O–H groups in total. The quantitative estimate of drug-likeness (QED) is 0.142. The maximum Gasteiger partial charge on any atom is 0.115 e. The molecule has 0 spiro atoms. The molecule has 218 valence electrons. The first-order valence-electron chi connectivity index (χ1n) is 14.6. The molecule has 4 aromatic rings. The van der Waals surface area contributed by atoms with Gasteiger partial charge >= 0.3 is 0 Å². The van der Waals surface area contributed by atoms with Gasteiger partial charge in [0.1, 0.15) is 24.4 Å². The van der Waals surface area contributed by atoms with E-state index < -0.39 is 12.2 Å². The van der Waals surface area contributed by atoms with Crippen molar-refractivity contribution >= 4 is 0 Å². The topological polar surface area (TPSA) is 46.2 Å². The Balaban J connectivity index is 1.40. The molecule has 0 unspecified atom stereocenters. The maximum atomic E-state index is 6.72. The molecule has 1 heterocycles. The minimum Gasteiger partial charge on any atom is -0.374 e. The van der Waals surface area contributed by atoms with Gasteiger partial charge in [-0.05, 0) is 28.7 Å². The van der Waals surface area contributed by atoms with Crippen molar-refractivity contribution in [1.82, 2.24) is 0 Å². The molecule has 0 saturated carbocycles.